The van der Waals surface area contributed by atoms with Crippen LogP contribution in [0.2, 0.25) is 0 Å². The van der Waals surface area contributed by atoms with Crippen LogP contribution in [-0.4, -0.2) is 0 Å². The topological polar surface area (TPSA) is 0 Å². The summed E-state index contributed by atoms with van der Waals surface area (Å²) >= 11 is 0. The van der Waals surface area contributed by atoms with Gasteiger partial charge in [-0.05, 0) is 105 Å². The molecule has 9 aromatic rings. The Morgan fingerprint density at radius 1 is 0.341 bits per heavy atom. The third-order valence-electron chi connectivity index (χ3n) is 7.60. The number of benzene rings is 9. The Hall–Kier alpha value is -5.72. The first kappa shape index (κ1) is 11.8. The highest BCUT2D eigenvalue weighted by Gasteiger charge is 2.18. The Balaban J connectivity index is 1.66. The van der Waals surface area contributed by atoms with Gasteiger partial charge in [-0.15, -0.1) is 0 Å². The molecule has 0 fully saturated rings. The van der Waals surface area contributed by atoms with Gasteiger partial charge in [-0.1, -0.05) is 151 Å². The molecule has 0 aliphatic heterocycles. The lowest BCUT2D eigenvalue weighted by molar-refractivity contribution is 1.66. The molecular formula is C44H28. The maximum Gasteiger partial charge on any atom is 0.0636 e. The van der Waals surface area contributed by atoms with Crippen molar-refractivity contribution in [2.45, 2.75) is 0 Å². The molecule has 0 N–H and O–H groups in total. The lowest BCUT2D eigenvalue weighted by Gasteiger charge is -2.19. The zero-order valence-corrected chi connectivity index (χ0v) is 22.5. The van der Waals surface area contributed by atoms with Gasteiger partial charge in [0.1, 0.15) is 0 Å². The Bertz CT molecular complexity index is 3720. The van der Waals surface area contributed by atoms with Gasteiger partial charge in [-0.2, -0.15) is 0 Å². The van der Waals surface area contributed by atoms with Crippen molar-refractivity contribution in [3.8, 4) is 33.4 Å². The van der Waals surface area contributed by atoms with Gasteiger partial charge in [0.05, 0.1) is 28.8 Å². The molecule has 0 atom stereocenters. The standard InChI is InChI=1S/C44H28/c1-3-13-32-26-35(22-20-29(32)10-1)43-39-17-7-8-18-40(39)44(36-23-21-30-11-2-4-14-33(30)27-36)42-28-34(24-25-41(42)43)38-19-9-15-31-12-5-6-16-37(31)38/h1-28H/i1D,3D,5D,6D,7D,8D,9D,10D,12D,13D,15D,16D,17D,18D,19D,20D,22D,24D,25D,26D,28D. The summed E-state index contributed by atoms with van der Waals surface area (Å²) in [6, 6.07) is -4.30. The van der Waals surface area contributed by atoms with Crippen molar-refractivity contribution in [2.24, 2.45) is 0 Å². The average Bonchev–Trinajstić information content (AvgIpc) is 3.29. The summed E-state index contributed by atoms with van der Waals surface area (Å²) in [5.74, 6) is 0. The van der Waals surface area contributed by atoms with E-state index in [9.17, 15) is 9.60 Å². The van der Waals surface area contributed by atoms with Crippen LogP contribution >= 0.6 is 0 Å². The highest BCUT2D eigenvalue weighted by atomic mass is 14.2. The fraction of sp³-hybridized carbons (Fsp3) is 0. The summed E-state index contributed by atoms with van der Waals surface area (Å²) in [6.45, 7) is 0. The molecule has 0 heterocycles. The second-order valence-corrected chi connectivity index (χ2v) is 10.1. The second kappa shape index (κ2) is 9.93. The normalized spacial score (nSPS) is 18.3. The Morgan fingerprint density at radius 2 is 0.977 bits per heavy atom. The van der Waals surface area contributed by atoms with Crippen LogP contribution in [0.15, 0.2) is 169 Å². The van der Waals surface area contributed by atoms with E-state index in [0.29, 0.717) is 5.39 Å². The first-order valence-corrected chi connectivity index (χ1v) is 13.6. The van der Waals surface area contributed by atoms with E-state index in [1.165, 1.54) is 0 Å². The SMILES string of the molecule is [2H]c1c([2H])c([2H])c2c([2H])c(-c3c4c([2H])c([2H])c([2H])c([2H])c4c(-c4ccc5ccccc5c4)c4c([2H])c(-c5c([2H])c([2H])c([2H])c6c([2H])c([2H])c([2H])c([2H])c56)c([2H])c([2H])c34)c([2H])c([2H])c2c1[2H]. The van der Waals surface area contributed by atoms with E-state index in [1.54, 1.807) is 36.4 Å². The first-order chi connectivity index (χ1) is 30.6. The fourth-order valence-electron chi connectivity index (χ4n) is 5.63. The van der Waals surface area contributed by atoms with Gasteiger partial charge in [0.25, 0.3) is 0 Å². The number of fused-ring (bicyclic) bond motifs is 5. The number of hydrogen-bond acceptors (Lipinski definition) is 0. The van der Waals surface area contributed by atoms with Crippen LogP contribution in [0, 0.1) is 0 Å². The van der Waals surface area contributed by atoms with Gasteiger partial charge in [0.15, 0.2) is 0 Å². The summed E-state index contributed by atoms with van der Waals surface area (Å²) in [6.07, 6.45) is 0. The maximum atomic E-state index is 10.1. The molecule has 0 heteroatoms. The second-order valence-electron chi connectivity index (χ2n) is 10.1. The molecule has 0 aromatic heterocycles. The van der Waals surface area contributed by atoms with Crippen LogP contribution in [0.3, 0.4) is 0 Å². The summed E-state index contributed by atoms with van der Waals surface area (Å²) in [7, 11) is 0. The Labute approximate surface area is 286 Å². The number of hydrogen-bond donors (Lipinski definition) is 0. The molecule has 204 valence electrons. The lowest BCUT2D eigenvalue weighted by atomic mass is 9.84. The lowest BCUT2D eigenvalue weighted by Crippen LogP contribution is -1.92. The van der Waals surface area contributed by atoms with E-state index in [4.69, 9.17) is 19.2 Å². The molecule has 0 aliphatic rings. The van der Waals surface area contributed by atoms with Crippen LogP contribution in [0.4, 0.5) is 0 Å². The van der Waals surface area contributed by atoms with Crippen molar-refractivity contribution < 1.29 is 28.8 Å². The van der Waals surface area contributed by atoms with Gasteiger partial charge >= 0.3 is 0 Å². The largest absolute Gasteiger partial charge is 0.0636 e. The van der Waals surface area contributed by atoms with Gasteiger partial charge in [-0.25, -0.2) is 0 Å². The van der Waals surface area contributed by atoms with E-state index in [2.05, 4.69) is 0 Å². The van der Waals surface area contributed by atoms with Crippen molar-refractivity contribution in [2.75, 3.05) is 0 Å². The van der Waals surface area contributed by atoms with Gasteiger partial charge in [0.2, 0.25) is 0 Å². The number of rotatable bonds is 3. The minimum Gasteiger partial charge on any atom is -0.0616 e. The molecule has 0 nitrogen and oxygen atoms in total. The van der Waals surface area contributed by atoms with E-state index < -0.39 is 181 Å². The summed E-state index contributed by atoms with van der Waals surface area (Å²) in [5.41, 5.74) is -2.23. The van der Waals surface area contributed by atoms with Crippen molar-refractivity contribution in [3.63, 3.8) is 0 Å². The summed E-state index contributed by atoms with van der Waals surface area (Å²) in [5, 5.41) is -2.20. The minimum absolute atomic E-state index is 0.121. The van der Waals surface area contributed by atoms with E-state index >= 15 is 0 Å². The summed E-state index contributed by atoms with van der Waals surface area (Å²) in [4.78, 5) is 0. The molecule has 0 spiro atoms. The molecule has 0 bridgehead atoms. The van der Waals surface area contributed by atoms with Crippen LogP contribution in [-0.2, 0) is 0 Å². The predicted octanol–water partition coefficient (Wildman–Crippen LogP) is 12.5. The van der Waals surface area contributed by atoms with E-state index in [-0.39, 0.29) is 21.9 Å². The molecular weight excluding hydrogens is 528 g/mol. The zero-order valence-electron chi connectivity index (χ0n) is 43.5. The van der Waals surface area contributed by atoms with Crippen LogP contribution in [0.5, 0.6) is 0 Å². The predicted molar refractivity (Wildman–Crippen MR) is 190 cm³/mol. The third kappa shape index (κ3) is 3.92. The molecule has 44 heavy (non-hydrogen) atoms. The summed E-state index contributed by atoms with van der Waals surface area (Å²) < 4.78 is 189. The van der Waals surface area contributed by atoms with Crippen molar-refractivity contribution in [1.82, 2.24) is 0 Å². The molecule has 9 rings (SSSR count). The minimum atomic E-state index is -0.889. The van der Waals surface area contributed by atoms with Crippen molar-refractivity contribution >= 4 is 53.9 Å². The molecule has 9 aromatic carbocycles. The molecule has 0 amide bonds. The van der Waals surface area contributed by atoms with Crippen LogP contribution < -0.4 is 0 Å². The molecule has 0 saturated carbocycles. The van der Waals surface area contributed by atoms with Crippen LogP contribution in [0.1, 0.15) is 28.8 Å². The van der Waals surface area contributed by atoms with E-state index in [1.807, 2.05) is 6.07 Å². The van der Waals surface area contributed by atoms with Gasteiger partial charge in [0, 0.05) is 0 Å². The maximum absolute atomic E-state index is 10.1. The Morgan fingerprint density at radius 3 is 1.82 bits per heavy atom. The average molecular weight is 578 g/mol. The molecule has 0 unspecified atom stereocenters. The first-order valence-electron chi connectivity index (χ1n) is 24.1. The quantitative estimate of drug-likeness (QED) is 0.183. The van der Waals surface area contributed by atoms with Crippen LogP contribution in [0.25, 0.3) is 87.2 Å². The fourth-order valence-corrected chi connectivity index (χ4v) is 5.63. The smallest absolute Gasteiger partial charge is 0.0616 e. The zero-order chi connectivity index (χ0) is 47.3. The molecule has 0 aliphatic carbocycles. The highest BCUT2D eigenvalue weighted by molar-refractivity contribution is 6.22. The highest BCUT2D eigenvalue weighted by Crippen LogP contribution is 2.46. The van der Waals surface area contributed by atoms with E-state index in [0.717, 1.165) is 5.39 Å². The van der Waals surface area contributed by atoms with Crippen molar-refractivity contribution in [1.29, 1.82) is 0 Å². The van der Waals surface area contributed by atoms with Crippen molar-refractivity contribution in [3.05, 3.63) is 169 Å². The monoisotopic (exact) mass is 577 g/mol. The van der Waals surface area contributed by atoms with Gasteiger partial charge < -0.3 is 0 Å². The molecule has 0 saturated heterocycles. The van der Waals surface area contributed by atoms with Gasteiger partial charge in [-0.3, -0.25) is 0 Å². The Kier molecular flexibility index (Phi) is 2.65. The molecule has 0 radical (unpaired) electrons. The third-order valence-corrected chi connectivity index (χ3v) is 7.60.